The topological polar surface area (TPSA) is 61.8 Å². The lowest BCUT2D eigenvalue weighted by Gasteiger charge is -2.36. The fraction of sp³-hybridized carbons (Fsp3) is 0.909. The van der Waals surface area contributed by atoms with Crippen LogP contribution in [0.2, 0.25) is 0 Å². The van der Waals surface area contributed by atoms with Crippen LogP contribution in [0.1, 0.15) is 27.2 Å². The highest BCUT2D eigenvalue weighted by Crippen LogP contribution is 2.15. The first-order chi connectivity index (χ1) is 7.31. The number of ether oxygens (including phenoxy) is 1. The number of rotatable bonds is 1. The molecule has 0 aromatic rings. The standard InChI is InChI=1S/C11H22N2O3/c1-11(2,3)16-10(15)13(4)8-5-6-12-7-9(8)14/h8-9,12,14H,5-7H2,1-4H3/t8-,9+/m0/s1. The molecule has 0 aromatic heterocycles. The molecule has 16 heavy (non-hydrogen) atoms. The van der Waals surface area contributed by atoms with E-state index < -0.39 is 11.7 Å². The van der Waals surface area contributed by atoms with Crippen LogP contribution < -0.4 is 5.32 Å². The zero-order valence-corrected chi connectivity index (χ0v) is 10.5. The van der Waals surface area contributed by atoms with Crippen LogP contribution in [-0.2, 0) is 4.74 Å². The summed E-state index contributed by atoms with van der Waals surface area (Å²) in [5.41, 5.74) is -0.497. The number of nitrogens with one attached hydrogen (secondary N) is 1. The summed E-state index contributed by atoms with van der Waals surface area (Å²) in [7, 11) is 1.67. The second-order valence-electron chi connectivity index (χ2n) is 5.22. The Bertz CT molecular complexity index is 250. The van der Waals surface area contributed by atoms with Crippen LogP contribution in [0, 0.1) is 0 Å². The van der Waals surface area contributed by atoms with Gasteiger partial charge in [0.1, 0.15) is 5.60 Å². The number of β-amino-alcohol motifs (C(OH)–C–C–N with tert-alkyl or cyclic N) is 1. The first kappa shape index (κ1) is 13.3. The van der Waals surface area contributed by atoms with Crippen molar-refractivity contribution in [1.29, 1.82) is 0 Å². The highest BCUT2D eigenvalue weighted by atomic mass is 16.6. The maximum Gasteiger partial charge on any atom is 0.410 e. The smallest absolute Gasteiger partial charge is 0.410 e. The van der Waals surface area contributed by atoms with Crippen LogP contribution in [0.15, 0.2) is 0 Å². The molecule has 94 valence electrons. The van der Waals surface area contributed by atoms with Crippen LogP contribution >= 0.6 is 0 Å². The number of hydrogen-bond donors (Lipinski definition) is 2. The minimum Gasteiger partial charge on any atom is -0.444 e. The van der Waals surface area contributed by atoms with Crippen LogP contribution in [0.4, 0.5) is 4.79 Å². The molecule has 1 amide bonds. The van der Waals surface area contributed by atoms with E-state index in [2.05, 4.69) is 5.32 Å². The first-order valence-electron chi connectivity index (χ1n) is 5.66. The van der Waals surface area contributed by atoms with Crippen molar-refractivity contribution in [2.75, 3.05) is 20.1 Å². The van der Waals surface area contributed by atoms with Gasteiger partial charge < -0.3 is 20.1 Å². The van der Waals surface area contributed by atoms with Gasteiger partial charge in [0.2, 0.25) is 0 Å². The molecule has 2 atom stereocenters. The van der Waals surface area contributed by atoms with E-state index in [1.54, 1.807) is 7.05 Å². The van der Waals surface area contributed by atoms with Crippen LogP contribution in [-0.4, -0.2) is 54.0 Å². The van der Waals surface area contributed by atoms with Gasteiger partial charge in [0.15, 0.2) is 0 Å². The van der Waals surface area contributed by atoms with Crippen LogP contribution in [0.5, 0.6) is 0 Å². The molecule has 0 aromatic carbocycles. The number of likely N-dealkylation sites (N-methyl/N-ethyl adjacent to an activating group) is 1. The Balaban J connectivity index is 2.55. The number of carbonyl (C=O) groups is 1. The van der Waals surface area contributed by atoms with Crippen LogP contribution in [0.3, 0.4) is 0 Å². The van der Waals surface area contributed by atoms with E-state index in [1.165, 1.54) is 4.90 Å². The van der Waals surface area contributed by atoms with E-state index in [0.29, 0.717) is 6.54 Å². The van der Waals surface area contributed by atoms with Gasteiger partial charge in [-0.1, -0.05) is 0 Å². The monoisotopic (exact) mass is 230 g/mol. The molecular formula is C11H22N2O3. The highest BCUT2D eigenvalue weighted by Gasteiger charge is 2.31. The minimum absolute atomic E-state index is 0.156. The van der Waals surface area contributed by atoms with E-state index in [0.717, 1.165) is 13.0 Å². The maximum absolute atomic E-state index is 11.8. The van der Waals surface area contributed by atoms with Crippen molar-refractivity contribution in [1.82, 2.24) is 10.2 Å². The molecule has 0 spiro atoms. The summed E-state index contributed by atoms with van der Waals surface area (Å²) < 4.78 is 5.26. The number of aliphatic hydroxyl groups excluding tert-OH is 1. The number of carbonyl (C=O) groups excluding carboxylic acids is 1. The van der Waals surface area contributed by atoms with Gasteiger partial charge in [0, 0.05) is 13.6 Å². The van der Waals surface area contributed by atoms with Crippen molar-refractivity contribution < 1.29 is 14.6 Å². The van der Waals surface area contributed by atoms with E-state index in [4.69, 9.17) is 4.74 Å². The second-order valence-corrected chi connectivity index (χ2v) is 5.22. The third-order valence-electron chi connectivity index (χ3n) is 2.59. The number of piperidine rings is 1. The average molecular weight is 230 g/mol. The molecule has 1 heterocycles. The van der Waals surface area contributed by atoms with Crippen LogP contribution in [0.25, 0.3) is 0 Å². The average Bonchev–Trinajstić information content (AvgIpc) is 2.15. The lowest BCUT2D eigenvalue weighted by molar-refractivity contribution is -0.00463. The fourth-order valence-corrected chi connectivity index (χ4v) is 1.75. The lowest BCUT2D eigenvalue weighted by Crippen LogP contribution is -2.54. The summed E-state index contributed by atoms with van der Waals surface area (Å²) in [6.07, 6.45) is -0.151. The Morgan fingerprint density at radius 3 is 2.62 bits per heavy atom. The van der Waals surface area contributed by atoms with E-state index >= 15 is 0 Å². The Morgan fingerprint density at radius 2 is 2.12 bits per heavy atom. The number of nitrogens with zero attached hydrogens (tertiary/aromatic N) is 1. The molecule has 1 aliphatic rings. The number of aliphatic hydroxyl groups is 1. The molecule has 0 saturated carbocycles. The molecular weight excluding hydrogens is 208 g/mol. The predicted octanol–water partition coefficient (Wildman–Crippen LogP) is 0.576. The van der Waals surface area contributed by atoms with Crippen molar-refractivity contribution >= 4 is 6.09 Å². The summed E-state index contributed by atoms with van der Waals surface area (Å²) in [5.74, 6) is 0. The van der Waals surface area contributed by atoms with Gasteiger partial charge in [-0.3, -0.25) is 0 Å². The molecule has 1 fully saturated rings. The largest absolute Gasteiger partial charge is 0.444 e. The molecule has 0 aliphatic carbocycles. The Labute approximate surface area is 96.8 Å². The zero-order chi connectivity index (χ0) is 12.3. The van der Waals surface area contributed by atoms with Gasteiger partial charge in [-0.2, -0.15) is 0 Å². The molecule has 0 radical (unpaired) electrons. The SMILES string of the molecule is CN(C(=O)OC(C)(C)C)[C@H]1CCNC[C@H]1O. The van der Waals surface area contributed by atoms with Crippen molar-refractivity contribution in [3.63, 3.8) is 0 Å². The second kappa shape index (κ2) is 5.01. The summed E-state index contributed by atoms with van der Waals surface area (Å²) in [6, 6.07) is -0.156. The van der Waals surface area contributed by atoms with Gasteiger partial charge >= 0.3 is 6.09 Å². The van der Waals surface area contributed by atoms with Crippen molar-refractivity contribution in [2.45, 2.75) is 44.9 Å². The number of hydrogen-bond acceptors (Lipinski definition) is 4. The molecule has 2 N–H and O–H groups in total. The third kappa shape index (κ3) is 3.64. The number of amides is 1. The lowest BCUT2D eigenvalue weighted by atomic mass is 10.0. The van der Waals surface area contributed by atoms with Gasteiger partial charge in [-0.15, -0.1) is 0 Å². The fourth-order valence-electron chi connectivity index (χ4n) is 1.75. The summed E-state index contributed by atoms with van der Waals surface area (Å²) in [4.78, 5) is 13.3. The first-order valence-corrected chi connectivity index (χ1v) is 5.66. The summed E-state index contributed by atoms with van der Waals surface area (Å²) in [6.45, 7) is 6.83. The summed E-state index contributed by atoms with van der Waals surface area (Å²) >= 11 is 0. The predicted molar refractivity (Wildman–Crippen MR) is 61.3 cm³/mol. The quantitative estimate of drug-likeness (QED) is 0.691. The molecule has 5 heteroatoms. The van der Waals surface area contributed by atoms with Gasteiger partial charge in [0.25, 0.3) is 0 Å². The van der Waals surface area contributed by atoms with E-state index in [1.807, 2.05) is 20.8 Å². The third-order valence-corrected chi connectivity index (χ3v) is 2.59. The van der Waals surface area contributed by atoms with Gasteiger partial charge in [0.05, 0.1) is 12.1 Å². The van der Waals surface area contributed by atoms with E-state index in [9.17, 15) is 9.90 Å². The molecule has 0 bridgehead atoms. The molecule has 5 nitrogen and oxygen atoms in total. The van der Waals surface area contributed by atoms with Crippen molar-refractivity contribution in [3.05, 3.63) is 0 Å². The minimum atomic E-state index is -0.522. The zero-order valence-electron chi connectivity index (χ0n) is 10.5. The molecule has 1 aliphatic heterocycles. The Morgan fingerprint density at radius 1 is 1.50 bits per heavy atom. The molecule has 1 rings (SSSR count). The molecule has 1 saturated heterocycles. The van der Waals surface area contributed by atoms with Crippen molar-refractivity contribution in [2.24, 2.45) is 0 Å². The highest BCUT2D eigenvalue weighted by molar-refractivity contribution is 5.68. The Kier molecular flexibility index (Phi) is 4.15. The van der Waals surface area contributed by atoms with Gasteiger partial charge in [-0.05, 0) is 33.7 Å². The molecule has 0 unspecified atom stereocenters. The van der Waals surface area contributed by atoms with E-state index in [-0.39, 0.29) is 12.1 Å². The Hall–Kier alpha value is -0.810. The van der Waals surface area contributed by atoms with Gasteiger partial charge in [-0.25, -0.2) is 4.79 Å². The summed E-state index contributed by atoms with van der Waals surface area (Å²) in [5, 5.41) is 12.9. The maximum atomic E-state index is 11.8. The van der Waals surface area contributed by atoms with Crippen molar-refractivity contribution in [3.8, 4) is 0 Å². The normalized spacial score (nSPS) is 26.3.